The van der Waals surface area contributed by atoms with Crippen LogP contribution in [0.25, 0.3) is 0 Å². The maximum Gasteiger partial charge on any atom is 0.271 e. The molecule has 0 amide bonds. The summed E-state index contributed by atoms with van der Waals surface area (Å²) in [7, 11) is 0. The van der Waals surface area contributed by atoms with Crippen LogP contribution in [-0.2, 0) is 9.47 Å². The first-order chi connectivity index (χ1) is 5.06. The van der Waals surface area contributed by atoms with Crippen molar-refractivity contribution < 1.29 is 22.6 Å². The molecule has 1 saturated heterocycles. The van der Waals surface area contributed by atoms with Crippen LogP contribution in [0.4, 0.5) is 13.2 Å². The lowest BCUT2D eigenvalue weighted by molar-refractivity contribution is -0.443. The van der Waals surface area contributed by atoms with Crippen molar-refractivity contribution in [1.82, 2.24) is 0 Å². The van der Waals surface area contributed by atoms with Crippen molar-refractivity contribution in [2.24, 2.45) is 0 Å². The van der Waals surface area contributed by atoms with E-state index in [0.717, 1.165) is 0 Å². The summed E-state index contributed by atoms with van der Waals surface area (Å²) in [6.45, 7) is -0.526. The molecule has 1 aliphatic heterocycles. The Hall–Kier alpha value is -0.290. The zero-order chi connectivity index (χ0) is 8.11. The van der Waals surface area contributed by atoms with E-state index < -0.39 is 24.7 Å². The summed E-state index contributed by atoms with van der Waals surface area (Å²) in [6.07, 6.45) is -2.04. The molecule has 0 spiro atoms. The summed E-state index contributed by atoms with van der Waals surface area (Å²) in [4.78, 5) is 0. The lowest BCUT2D eigenvalue weighted by Crippen LogP contribution is -2.65. The van der Waals surface area contributed by atoms with Gasteiger partial charge in [-0.15, -0.1) is 0 Å². The first kappa shape index (κ1) is 7.36. The van der Waals surface area contributed by atoms with Gasteiger partial charge in [0.25, 0.3) is 11.7 Å². The molecule has 1 saturated carbocycles. The number of ether oxygens (including phenoxy) is 2. The minimum absolute atomic E-state index is 0.0593. The highest BCUT2D eigenvalue weighted by molar-refractivity contribution is 5.00. The third-order valence-electron chi connectivity index (χ3n) is 2.08. The minimum atomic E-state index is -2.54. The summed E-state index contributed by atoms with van der Waals surface area (Å²) >= 11 is 0. The number of rotatable bonds is 0. The van der Waals surface area contributed by atoms with E-state index in [2.05, 4.69) is 9.47 Å². The Bertz CT molecular complexity index is 189. The van der Waals surface area contributed by atoms with Gasteiger partial charge in [-0.2, -0.15) is 0 Å². The summed E-state index contributed by atoms with van der Waals surface area (Å²) < 4.78 is 46.8. The van der Waals surface area contributed by atoms with Gasteiger partial charge >= 0.3 is 0 Å². The third-order valence-corrected chi connectivity index (χ3v) is 2.08. The molecule has 3 unspecified atom stereocenters. The molecule has 2 rings (SSSR count). The second-order valence-corrected chi connectivity index (χ2v) is 2.80. The molecule has 1 aliphatic carbocycles. The highest BCUT2D eigenvalue weighted by Crippen LogP contribution is 2.53. The summed E-state index contributed by atoms with van der Waals surface area (Å²) in [5.41, 5.74) is 0. The van der Waals surface area contributed by atoms with Crippen molar-refractivity contribution >= 4 is 0 Å². The third kappa shape index (κ3) is 0.809. The highest BCUT2D eigenvalue weighted by Gasteiger charge is 2.68. The minimum Gasteiger partial charge on any atom is -0.336 e. The quantitative estimate of drug-likeness (QED) is 0.545. The molecule has 0 radical (unpaired) electrons. The van der Waals surface area contributed by atoms with Gasteiger partial charge in [-0.3, -0.25) is 0 Å². The van der Waals surface area contributed by atoms with Crippen molar-refractivity contribution in [3.05, 3.63) is 0 Å². The zero-order valence-corrected chi connectivity index (χ0v) is 5.65. The van der Waals surface area contributed by atoms with Gasteiger partial charge in [0.15, 0.2) is 0 Å². The first-order valence-electron chi connectivity index (χ1n) is 3.39. The summed E-state index contributed by atoms with van der Waals surface area (Å²) in [5, 5.41) is 0. The lowest BCUT2D eigenvalue weighted by Gasteiger charge is -2.50. The number of fused-ring (bicyclic) bond motifs is 1. The molecule has 1 heterocycles. The number of alkyl halides is 3. The molecular weight excluding hydrogens is 161 g/mol. The smallest absolute Gasteiger partial charge is 0.271 e. The van der Waals surface area contributed by atoms with Gasteiger partial charge in [0.05, 0.1) is 0 Å². The van der Waals surface area contributed by atoms with E-state index in [1.54, 1.807) is 0 Å². The van der Waals surface area contributed by atoms with Crippen LogP contribution in [0.5, 0.6) is 0 Å². The summed E-state index contributed by atoms with van der Waals surface area (Å²) in [5.74, 6) is -4.93. The molecule has 0 bridgehead atoms. The van der Waals surface area contributed by atoms with Crippen LogP contribution in [0.2, 0.25) is 0 Å². The fourth-order valence-electron chi connectivity index (χ4n) is 1.28. The van der Waals surface area contributed by atoms with E-state index in [0.29, 0.717) is 0 Å². The molecule has 11 heavy (non-hydrogen) atoms. The van der Waals surface area contributed by atoms with Gasteiger partial charge in [-0.25, -0.2) is 13.2 Å². The van der Waals surface area contributed by atoms with Crippen molar-refractivity contribution in [1.29, 1.82) is 0 Å². The molecule has 0 N–H and O–H groups in total. The van der Waals surface area contributed by atoms with E-state index >= 15 is 0 Å². The largest absolute Gasteiger partial charge is 0.336 e. The molecule has 5 heteroatoms. The van der Waals surface area contributed by atoms with Crippen molar-refractivity contribution in [2.45, 2.75) is 30.9 Å². The standard InChI is InChI=1S/C6H7F3O2/c7-4-3-10-5(8)1-2-6(5,9)11-4/h4H,1-3H2. The Kier molecular flexibility index (Phi) is 1.27. The van der Waals surface area contributed by atoms with Gasteiger partial charge in [-0.05, 0) is 0 Å². The average Bonchev–Trinajstić information content (AvgIpc) is 1.95. The van der Waals surface area contributed by atoms with Crippen LogP contribution in [0.3, 0.4) is 0 Å². The topological polar surface area (TPSA) is 18.5 Å². The van der Waals surface area contributed by atoms with Crippen LogP contribution in [0.1, 0.15) is 12.8 Å². The predicted octanol–water partition coefficient (Wildman–Crippen LogP) is 1.45. The van der Waals surface area contributed by atoms with E-state index in [9.17, 15) is 13.2 Å². The Labute approximate surface area is 61.3 Å². The summed E-state index contributed by atoms with van der Waals surface area (Å²) in [6, 6.07) is 0. The maximum absolute atomic E-state index is 13.0. The molecule has 0 aromatic rings. The van der Waals surface area contributed by atoms with Crippen LogP contribution in [0, 0.1) is 0 Å². The zero-order valence-electron chi connectivity index (χ0n) is 5.65. The molecule has 2 fully saturated rings. The van der Waals surface area contributed by atoms with Gasteiger partial charge in [0.1, 0.15) is 6.61 Å². The normalized spacial score (nSPS) is 56.5. The van der Waals surface area contributed by atoms with Gasteiger partial charge in [0, 0.05) is 12.8 Å². The fourth-order valence-corrected chi connectivity index (χ4v) is 1.28. The number of hydrogen-bond donors (Lipinski definition) is 0. The van der Waals surface area contributed by atoms with Gasteiger partial charge in [-0.1, -0.05) is 0 Å². The Morgan fingerprint density at radius 2 is 1.82 bits per heavy atom. The molecule has 2 nitrogen and oxygen atoms in total. The monoisotopic (exact) mass is 168 g/mol. The predicted molar refractivity (Wildman–Crippen MR) is 28.8 cm³/mol. The first-order valence-corrected chi connectivity index (χ1v) is 3.39. The van der Waals surface area contributed by atoms with E-state index in [1.807, 2.05) is 0 Å². The molecular formula is C6H7F3O2. The molecule has 2 aliphatic rings. The number of halogens is 3. The van der Waals surface area contributed by atoms with Gasteiger partial charge < -0.3 is 9.47 Å². The second-order valence-electron chi connectivity index (χ2n) is 2.80. The van der Waals surface area contributed by atoms with Crippen LogP contribution in [0.15, 0.2) is 0 Å². The van der Waals surface area contributed by atoms with Crippen molar-refractivity contribution in [2.75, 3.05) is 6.61 Å². The SMILES string of the molecule is FC1COC2(F)CCC2(F)O1. The van der Waals surface area contributed by atoms with E-state index in [-0.39, 0.29) is 12.8 Å². The Morgan fingerprint density at radius 3 is 2.18 bits per heavy atom. The van der Waals surface area contributed by atoms with Crippen LogP contribution >= 0.6 is 0 Å². The van der Waals surface area contributed by atoms with E-state index in [4.69, 9.17) is 0 Å². The highest BCUT2D eigenvalue weighted by atomic mass is 19.2. The maximum atomic E-state index is 13.0. The second kappa shape index (κ2) is 1.90. The van der Waals surface area contributed by atoms with E-state index in [1.165, 1.54) is 0 Å². The van der Waals surface area contributed by atoms with Gasteiger partial charge in [0.2, 0.25) is 6.36 Å². The molecule has 64 valence electrons. The molecule has 3 atom stereocenters. The Balaban J connectivity index is 2.15. The Morgan fingerprint density at radius 1 is 1.18 bits per heavy atom. The van der Waals surface area contributed by atoms with Crippen molar-refractivity contribution in [3.63, 3.8) is 0 Å². The number of hydrogen-bond acceptors (Lipinski definition) is 2. The average molecular weight is 168 g/mol. The van der Waals surface area contributed by atoms with Crippen LogP contribution < -0.4 is 0 Å². The molecule has 0 aromatic carbocycles. The van der Waals surface area contributed by atoms with Crippen LogP contribution in [-0.4, -0.2) is 24.7 Å². The lowest BCUT2D eigenvalue weighted by atomic mass is 9.85. The fraction of sp³-hybridized carbons (Fsp3) is 1.00. The van der Waals surface area contributed by atoms with Crippen molar-refractivity contribution in [3.8, 4) is 0 Å². The molecule has 0 aromatic heterocycles.